The maximum atomic E-state index is 6.28. The molecule has 0 amide bonds. The van der Waals surface area contributed by atoms with Crippen LogP contribution in [0.5, 0.6) is 5.75 Å². The summed E-state index contributed by atoms with van der Waals surface area (Å²) in [6, 6.07) is 14.1. The number of rotatable bonds is 2. The number of fused-ring (bicyclic) bond motifs is 1. The Balaban J connectivity index is 2.03. The summed E-state index contributed by atoms with van der Waals surface area (Å²) in [6.07, 6.45) is 0.977. The molecule has 1 aliphatic rings. The Bertz CT molecular complexity index is 615. The van der Waals surface area contributed by atoms with Crippen molar-refractivity contribution in [1.29, 1.82) is 0 Å². The van der Waals surface area contributed by atoms with Crippen molar-refractivity contribution in [3.8, 4) is 5.75 Å². The SMILES string of the molecule is NCc1ccc(N2CCCOc3ccccc32)cc1Cl. The molecule has 2 N–H and O–H groups in total. The van der Waals surface area contributed by atoms with E-state index >= 15 is 0 Å². The van der Waals surface area contributed by atoms with E-state index < -0.39 is 0 Å². The summed E-state index contributed by atoms with van der Waals surface area (Å²) in [7, 11) is 0. The minimum absolute atomic E-state index is 0.457. The second kappa shape index (κ2) is 5.73. The third kappa shape index (κ3) is 2.47. The van der Waals surface area contributed by atoms with Crippen molar-refractivity contribution in [2.24, 2.45) is 5.73 Å². The van der Waals surface area contributed by atoms with Crippen molar-refractivity contribution >= 4 is 23.0 Å². The van der Waals surface area contributed by atoms with E-state index in [1.807, 2.05) is 30.3 Å². The summed E-state index contributed by atoms with van der Waals surface area (Å²) in [5.74, 6) is 0.920. The van der Waals surface area contributed by atoms with Crippen LogP contribution in [0.15, 0.2) is 42.5 Å². The fourth-order valence-corrected chi connectivity index (χ4v) is 2.72. The van der Waals surface area contributed by atoms with Gasteiger partial charge in [0.05, 0.1) is 12.3 Å². The van der Waals surface area contributed by atoms with E-state index in [9.17, 15) is 0 Å². The predicted molar refractivity (Wildman–Crippen MR) is 82.9 cm³/mol. The van der Waals surface area contributed by atoms with Gasteiger partial charge < -0.3 is 15.4 Å². The molecule has 2 aromatic rings. The first-order valence-electron chi connectivity index (χ1n) is 6.77. The highest BCUT2D eigenvalue weighted by Crippen LogP contribution is 2.36. The van der Waals surface area contributed by atoms with Gasteiger partial charge in [-0.2, -0.15) is 0 Å². The van der Waals surface area contributed by atoms with Gasteiger partial charge in [0.25, 0.3) is 0 Å². The highest BCUT2D eigenvalue weighted by Gasteiger charge is 2.17. The average molecular weight is 289 g/mol. The van der Waals surface area contributed by atoms with E-state index in [-0.39, 0.29) is 0 Å². The number of ether oxygens (including phenoxy) is 1. The Hall–Kier alpha value is -1.71. The number of halogens is 1. The Labute approximate surface area is 123 Å². The summed E-state index contributed by atoms with van der Waals surface area (Å²) in [6.45, 7) is 2.11. The van der Waals surface area contributed by atoms with Crippen LogP contribution in [-0.2, 0) is 6.54 Å². The third-order valence-corrected chi connectivity index (χ3v) is 3.86. The lowest BCUT2D eigenvalue weighted by atomic mass is 10.1. The highest BCUT2D eigenvalue weighted by atomic mass is 35.5. The molecule has 0 spiro atoms. The van der Waals surface area contributed by atoms with Crippen molar-refractivity contribution in [1.82, 2.24) is 0 Å². The van der Waals surface area contributed by atoms with Crippen molar-refractivity contribution in [2.45, 2.75) is 13.0 Å². The van der Waals surface area contributed by atoms with Gasteiger partial charge in [-0.15, -0.1) is 0 Å². The quantitative estimate of drug-likeness (QED) is 0.915. The molecule has 0 aromatic heterocycles. The Morgan fingerprint density at radius 2 is 2.05 bits per heavy atom. The Morgan fingerprint density at radius 1 is 1.20 bits per heavy atom. The molecular weight excluding hydrogens is 272 g/mol. The molecule has 1 heterocycles. The van der Waals surface area contributed by atoms with Crippen LogP contribution >= 0.6 is 11.6 Å². The van der Waals surface area contributed by atoms with Crippen LogP contribution in [0.1, 0.15) is 12.0 Å². The van der Waals surface area contributed by atoms with Crippen molar-refractivity contribution < 1.29 is 4.74 Å². The molecule has 0 radical (unpaired) electrons. The van der Waals surface area contributed by atoms with Gasteiger partial charge in [-0.05, 0) is 36.2 Å². The average Bonchev–Trinajstić information content (AvgIpc) is 2.69. The minimum Gasteiger partial charge on any atom is -0.491 e. The molecule has 0 fully saturated rings. The molecule has 0 bridgehead atoms. The molecule has 0 aliphatic carbocycles. The van der Waals surface area contributed by atoms with Gasteiger partial charge in [-0.25, -0.2) is 0 Å². The van der Waals surface area contributed by atoms with Crippen LogP contribution in [0, 0.1) is 0 Å². The molecule has 3 nitrogen and oxygen atoms in total. The summed E-state index contributed by atoms with van der Waals surface area (Å²) in [5.41, 5.74) is 8.79. The lowest BCUT2D eigenvalue weighted by Gasteiger charge is -2.24. The van der Waals surface area contributed by atoms with Gasteiger partial charge in [0.15, 0.2) is 0 Å². The fraction of sp³-hybridized carbons (Fsp3) is 0.250. The first-order chi connectivity index (χ1) is 9.79. The number of nitrogens with zero attached hydrogens (tertiary/aromatic N) is 1. The summed E-state index contributed by atoms with van der Waals surface area (Å²) in [4.78, 5) is 2.24. The van der Waals surface area contributed by atoms with Gasteiger partial charge in [0, 0.05) is 23.8 Å². The number of hydrogen-bond acceptors (Lipinski definition) is 3. The van der Waals surface area contributed by atoms with Crippen LogP contribution < -0.4 is 15.4 Å². The topological polar surface area (TPSA) is 38.5 Å². The van der Waals surface area contributed by atoms with Gasteiger partial charge in [0.1, 0.15) is 5.75 Å². The van der Waals surface area contributed by atoms with Gasteiger partial charge in [0.2, 0.25) is 0 Å². The van der Waals surface area contributed by atoms with E-state index in [1.54, 1.807) is 0 Å². The number of anilines is 2. The number of hydrogen-bond donors (Lipinski definition) is 1. The van der Waals surface area contributed by atoms with Gasteiger partial charge in [-0.3, -0.25) is 0 Å². The zero-order valence-corrected chi connectivity index (χ0v) is 11.9. The van der Waals surface area contributed by atoms with E-state index in [4.69, 9.17) is 22.1 Å². The zero-order chi connectivity index (χ0) is 13.9. The Morgan fingerprint density at radius 3 is 2.85 bits per heavy atom. The lowest BCUT2D eigenvalue weighted by molar-refractivity contribution is 0.322. The Kier molecular flexibility index (Phi) is 3.81. The van der Waals surface area contributed by atoms with E-state index in [0.717, 1.165) is 42.3 Å². The first kappa shape index (κ1) is 13.3. The van der Waals surface area contributed by atoms with Crippen LogP contribution in [0.3, 0.4) is 0 Å². The molecule has 0 atom stereocenters. The maximum absolute atomic E-state index is 6.28. The summed E-state index contributed by atoms with van der Waals surface area (Å²) in [5, 5.41) is 0.715. The number of nitrogens with two attached hydrogens (primary N) is 1. The molecule has 4 heteroatoms. The highest BCUT2D eigenvalue weighted by molar-refractivity contribution is 6.31. The van der Waals surface area contributed by atoms with Crippen LogP contribution in [0.2, 0.25) is 5.02 Å². The number of benzene rings is 2. The molecule has 2 aromatic carbocycles. The predicted octanol–water partition coefficient (Wildman–Crippen LogP) is 3.72. The summed E-state index contributed by atoms with van der Waals surface area (Å²) < 4.78 is 5.78. The molecule has 0 saturated heterocycles. The molecule has 20 heavy (non-hydrogen) atoms. The zero-order valence-electron chi connectivity index (χ0n) is 11.2. The first-order valence-corrected chi connectivity index (χ1v) is 7.15. The monoisotopic (exact) mass is 288 g/mol. The van der Waals surface area contributed by atoms with Gasteiger partial charge in [-0.1, -0.05) is 29.8 Å². The van der Waals surface area contributed by atoms with Crippen LogP contribution in [0.25, 0.3) is 0 Å². The summed E-state index contributed by atoms with van der Waals surface area (Å²) >= 11 is 6.28. The van der Waals surface area contributed by atoms with Crippen LogP contribution in [-0.4, -0.2) is 13.2 Å². The molecule has 3 rings (SSSR count). The largest absolute Gasteiger partial charge is 0.491 e. The third-order valence-electron chi connectivity index (χ3n) is 3.51. The molecule has 0 saturated carbocycles. The normalized spacial score (nSPS) is 14.4. The smallest absolute Gasteiger partial charge is 0.142 e. The molecular formula is C16H17ClN2O. The molecule has 1 aliphatic heterocycles. The van der Waals surface area contributed by atoms with Crippen LogP contribution in [0.4, 0.5) is 11.4 Å². The minimum atomic E-state index is 0.457. The van der Waals surface area contributed by atoms with E-state index in [0.29, 0.717) is 11.6 Å². The number of para-hydroxylation sites is 2. The van der Waals surface area contributed by atoms with Gasteiger partial charge >= 0.3 is 0 Å². The second-order valence-corrected chi connectivity index (χ2v) is 5.21. The van der Waals surface area contributed by atoms with E-state index in [2.05, 4.69) is 17.0 Å². The van der Waals surface area contributed by atoms with Crippen molar-refractivity contribution in [3.05, 3.63) is 53.1 Å². The maximum Gasteiger partial charge on any atom is 0.142 e. The molecule has 0 unspecified atom stereocenters. The molecule has 104 valence electrons. The van der Waals surface area contributed by atoms with Crippen molar-refractivity contribution in [2.75, 3.05) is 18.1 Å². The second-order valence-electron chi connectivity index (χ2n) is 4.80. The lowest BCUT2D eigenvalue weighted by Crippen LogP contribution is -2.17. The standard InChI is InChI=1S/C16H17ClN2O/c17-14-10-13(7-6-12(14)11-18)19-8-3-9-20-16-5-2-1-4-15(16)19/h1-2,4-7,10H,3,8-9,11,18H2. The van der Waals surface area contributed by atoms with Crippen molar-refractivity contribution in [3.63, 3.8) is 0 Å². The fourth-order valence-electron chi connectivity index (χ4n) is 2.47. The van der Waals surface area contributed by atoms with E-state index in [1.165, 1.54) is 0 Å².